The molecule has 2 fully saturated rings. The zero-order chi connectivity index (χ0) is 26.7. The number of hydrogen-bond acceptors (Lipinski definition) is 7. The first-order chi connectivity index (χ1) is 18.3. The van der Waals surface area contributed by atoms with E-state index in [-0.39, 0.29) is 12.6 Å². The quantitative estimate of drug-likeness (QED) is 0.277. The van der Waals surface area contributed by atoms with E-state index in [1.54, 1.807) is 11.8 Å². The topological polar surface area (TPSA) is 63.2 Å². The zero-order valence-electron chi connectivity index (χ0n) is 22.0. The van der Waals surface area contributed by atoms with Gasteiger partial charge in [-0.25, -0.2) is 0 Å². The van der Waals surface area contributed by atoms with E-state index in [9.17, 15) is 4.79 Å². The minimum Gasteiger partial charge on any atom is -0.463 e. The third kappa shape index (κ3) is 6.48. The van der Waals surface area contributed by atoms with Gasteiger partial charge in [0.05, 0.1) is 8.15 Å². The van der Waals surface area contributed by atoms with Crippen LogP contribution in [-0.4, -0.2) is 48.2 Å². The molecule has 0 spiro atoms. The summed E-state index contributed by atoms with van der Waals surface area (Å²) >= 11 is 1.59. The predicted molar refractivity (Wildman–Crippen MR) is 150 cm³/mol. The van der Waals surface area contributed by atoms with Crippen molar-refractivity contribution >= 4 is 36.5 Å². The molecule has 200 valence electrons. The summed E-state index contributed by atoms with van der Waals surface area (Å²) in [5, 5.41) is 2.20. The fraction of sp³-hybridized carbons (Fsp3) is 0.367. The van der Waals surface area contributed by atoms with E-state index in [2.05, 4.69) is 55.5 Å². The fourth-order valence-electron chi connectivity index (χ4n) is 4.65. The minimum absolute atomic E-state index is 0.0831. The monoisotopic (exact) mass is 552 g/mol. The van der Waals surface area contributed by atoms with Crippen LogP contribution in [0.4, 0.5) is 0 Å². The summed E-state index contributed by atoms with van der Waals surface area (Å²) in [4.78, 5) is 12.7. The second kappa shape index (κ2) is 11.9. The molecular weight excluding hydrogens is 519 g/mol. The number of esters is 1. The molecule has 0 N–H and O–H groups in total. The SMILES string of the molecule is CC(=O)OCC1O[C@@H](Sc2ccc(C)cc2)C(OP(c2ccccc2)c2ccccc2)C2OC(C)(C)OC12. The van der Waals surface area contributed by atoms with Gasteiger partial charge in [-0.1, -0.05) is 90.1 Å². The summed E-state index contributed by atoms with van der Waals surface area (Å²) in [5.41, 5.74) is 0.764. The number of fused-ring (bicyclic) bond motifs is 1. The van der Waals surface area contributed by atoms with Crippen molar-refractivity contribution in [3.8, 4) is 0 Å². The van der Waals surface area contributed by atoms with E-state index < -0.39 is 43.8 Å². The van der Waals surface area contributed by atoms with Crippen LogP contribution in [0.2, 0.25) is 0 Å². The molecule has 2 heterocycles. The second-order valence-corrected chi connectivity index (χ2v) is 12.9. The van der Waals surface area contributed by atoms with Gasteiger partial charge in [-0.05, 0) is 32.9 Å². The van der Waals surface area contributed by atoms with Gasteiger partial charge in [-0.2, -0.15) is 0 Å². The molecular formula is C30H33O6PS. The molecule has 3 aromatic rings. The molecule has 2 saturated heterocycles. The maximum Gasteiger partial charge on any atom is 0.302 e. The van der Waals surface area contributed by atoms with Gasteiger partial charge in [0.2, 0.25) is 0 Å². The van der Waals surface area contributed by atoms with E-state index >= 15 is 0 Å². The largest absolute Gasteiger partial charge is 0.463 e. The highest BCUT2D eigenvalue weighted by atomic mass is 32.2. The van der Waals surface area contributed by atoms with Crippen LogP contribution in [0.15, 0.2) is 89.8 Å². The van der Waals surface area contributed by atoms with Gasteiger partial charge < -0.3 is 23.5 Å². The zero-order valence-corrected chi connectivity index (χ0v) is 23.7. The summed E-state index contributed by atoms with van der Waals surface area (Å²) in [7, 11) is -1.18. The molecule has 2 aliphatic heterocycles. The van der Waals surface area contributed by atoms with Crippen molar-refractivity contribution in [2.75, 3.05) is 6.61 Å². The molecule has 0 amide bonds. The first-order valence-electron chi connectivity index (χ1n) is 12.7. The molecule has 6 nitrogen and oxygen atoms in total. The van der Waals surface area contributed by atoms with E-state index in [1.807, 2.05) is 50.2 Å². The van der Waals surface area contributed by atoms with Gasteiger partial charge in [0.15, 0.2) is 5.79 Å². The molecule has 3 aromatic carbocycles. The summed E-state index contributed by atoms with van der Waals surface area (Å²) in [6.07, 6.45) is -1.81. The third-order valence-corrected chi connectivity index (χ3v) is 9.51. The first kappa shape index (κ1) is 27.3. The van der Waals surface area contributed by atoms with Crippen LogP contribution in [0.5, 0.6) is 0 Å². The number of benzene rings is 3. The third-order valence-electron chi connectivity index (χ3n) is 6.36. The summed E-state index contributed by atoms with van der Waals surface area (Å²) in [5.74, 6) is -1.19. The van der Waals surface area contributed by atoms with E-state index in [0.717, 1.165) is 15.5 Å². The highest BCUT2D eigenvalue weighted by Crippen LogP contribution is 2.48. The Labute approximate surface area is 229 Å². The fourth-order valence-corrected chi connectivity index (χ4v) is 7.74. The summed E-state index contributed by atoms with van der Waals surface area (Å²) < 4.78 is 31.9. The maximum atomic E-state index is 11.7. The Morgan fingerprint density at radius 3 is 2.05 bits per heavy atom. The van der Waals surface area contributed by atoms with Gasteiger partial charge in [-0.3, -0.25) is 4.79 Å². The Morgan fingerprint density at radius 2 is 1.47 bits per heavy atom. The highest BCUT2D eigenvalue weighted by Gasteiger charge is 2.57. The average molecular weight is 553 g/mol. The van der Waals surface area contributed by atoms with Gasteiger partial charge in [-0.15, -0.1) is 0 Å². The van der Waals surface area contributed by atoms with Gasteiger partial charge in [0.25, 0.3) is 0 Å². The molecule has 4 unspecified atom stereocenters. The predicted octanol–water partition coefficient (Wildman–Crippen LogP) is 5.33. The Hall–Kier alpha value is -2.25. The van der Waals surface area contributed by atoms with Crippen molar-refractivity contribution < 1.29 is 28.3 Å². The number of rotatable bonds is 8. The van der Waals surface area contributed by atoms with Crippen LogP contribution in [0.1, 0.15) is 26.3 Å². The number of thioether (sulfide) groups is 1. The first-order valence-corrected chi connectivity index (χ1v) is 14.9. The van der Waals surface area contributed by atoms with Crippen LogP contribution in [-0.2, 0) is 28.3 Å². The Kier molecular flexibility index (Phi) is 8.53. The molecule has 38 heavy (non-hydrogen) atoms. The van der Waals surface area contributed by atoms with Crippen molar-refractivity contribution in [3.05, 3.63) is 90.5 Å². The number of carbonyl (C=O) groups excluding carboxylic acids is 1. The molecule has 0 saturated carbocycles. The standard InChI is InChI=1S/C30H33O6PS/c1-20-15-17-24(18-16-20)38-29-28(27-26(34-30(3,4)35-27)25(33-29)19-32-21(2)31)36-37(22-11-7-5-8-12-22)23-13-9-6-10-14-23/h5-18,25-29H,19H2,1-4H3/t25?,26?,27?,28?,29-/m0/s1. The molecule has 0 radical (unpaired) electrons. The molecule has 5 rings (SSSR count). The van der Waals surface area contributed by atoms with Gasteiger partial charge in [0.1, 0.15) is 36.5 Å². The van der Waals surface area contributed by atoms with Crippen molar-refractivity contribution in [2.24, 2.45) is 0 Å². The van der Waals surface area contributed by atoms with Crippen LogP contribution in [0, 0.1) is 6.92 Å². The number of carbonyl (C=O) groups is 1. The normalized spacial score (nSPS) is 26.2. The minimum atomic E-state index is -1.18. The van der Waals surface area contributed by atoms with Crippen molar-refractivity contribution in [2.45, 2.75) is 68.2 Å². The lowest BCUT2D eigenvalue weighted by Crippen LogP contribution is -2.57. The number of ether oxygens (including phenoxy) is 4. The number of aryl methyl sites for hydroxylation is 1. The van der Waals surface area contributed by atoms with Crippen molar-refractivity contribution in [1.29, 1.82) is 0 Å². The lowest BCUT2D eigenvalue weighted by Gasteiger charge is -2.42. The molecule has 0 aromatic heterocycles. The number of hydrogen-bond donors (Lipinski definition) is 0. The Morgan fingerprint density at radius 1 is 0.895 bits per heavy atom. The molecule has 0 aliphatic carbocycles. The molecule has 8 heteroatoms. The van der Waals surface area contributed by atoms with E-state index in [1.165, 1.54) is 12.5 Å². The highest BCUT2D eigenvalue weighted by molar-refractivity contribution is 7.99. The Balaban J connectivity index is 1.52. The second-order valence-electron chi connectivity index (χ2n) is 9.88. The molecule has 2 aliphatic rings. The van der Waals surface area contributed by atoms with Crippen LogP contribution >= 0.6 is 19.9 Å². The van der Waals surface area contributed by atoms with Crippen molar-refractivity contribution in [1.82, 2.24) is 0 Å². The maximum absolute atomic E-state index is 11.7. The average Bonchev–Trinajstić information content (AvgIpc) is 3.24. The van der Waals surface area contributed by atoms with Gasteiger partial charge in [0, 0.05) is 22.4 Å². The van der Waals surface area contributed by atoms with Crippen LogP contribution < -0.4 is 10.6 Å². The van der Waals surface area contributed by atoms with E-state index in [0.29, 0.717) is 0 Å². The Bertz CT molecular complexity index is 1170. The van der Waals surface area contributed by atoms with E-state index in [4.69, 9.17) is 23.5 Å². The molecule has 5 atom stereocenters. The van der Waals surface area contributed by atoms with Crippen LogP contribution in [0.3, 0.4) is 0 Å². The lowest BCUT2D eigenvalue weighted by atomic mass is 10.0. The summed E-state index contributed by atoms with van der Waals surface area (Å²) in [6.45, 7) is 7.33. The summed E-state index contributed by atoms with van der Waals surface area (Å²) in [6, 6.07) is 28.9. The molecule has 0 bridgehead atoms. The van der Waals surface area contributed by atoms with Crippen LogP contribution in [0.25, 0.3) is 0 Å². The van der Waals surface area contributed by atoms with Crippen molar-refractivity contribution in [3.63, 3.8) is 0 Å². The van der Waals surface area contributed by atoms with Gasteiger partial charge >= 0.3 is 5.97 Å². The smallest absolute Gasteiger partial charge is 0.302 e. The lowest BCUT2D eigenvalue weighted by molar-refractivity contribution is -0.175.